The molecule has 0 unspecified atom stereocenters. The number of hydrogen-bond acceptors (Lipinski definition) is 6. The van der Waals surface area contributed by atoms with Crippen LogP contribution in [0.4, 0.5) is 9.52 Å². The highest BCUT2D eigenvalue weighted by Gasteiger charge is 2.24. The van der Waals surface area contributed by atoms with Gasteiger partial charge in [-0.3, -0.25) is 4.79 Å². The lowest BCUT2D eigenvalue weighted by atomic mass is 10.1. The Bertz CT molecular complexity index is 1190. The highest BCUT2D eigenvalue weighted by atomic mass is 32.1. The maximum Gasteiger partial charge on any atom is 0.225 e. The lowest BCUT2D eigenvalue weighted by Crippen LogP contribution is -2.45. The number of aryl methyl sites for hydroxylation is 1. The highest BCUT2D eigenvalue weighted by molar-refractivity contribution is 7.22. The summed E-state index contributed by atoms with van der Waals surface area (Å²) in [6, 6.07) is 10.5. The Morgan fingerprint density at radius 3 is 2.71 bits per heavy atom. The van der Waals surface area contributed by atoms with Crippen molar-refractivity contribution in [3.05, 3.63) is 58.2 Å². The van der Waals surface area contributed by atoms with Crippen LogP contribution < -0.4 is 10.2 Å². The van der Waals surface area contributed by atoms with E-state index >= 15 is 0 Å². The summed E-state index contributed by atoms with van der Waals surface area (Å²) in [5.74, 6) is -0.177. The number of piperidine rings is 1. The maximum atomic E-state index is 13.3. The van der Waals surface area contributed by atoms with Crippen LogP contribution in [0.1, 0.15) is 23.4 Å². The summed E-state index contributed by atoms with van der Waals surface area (Å²) in [5, 5.41) is 10.7. The molecule has 6 nitrogen and oxygen atoms in total. The third kappa shape index (κ3) is 4.20. The van der Waals surface area contributed by atoms with Gasteiger partial charge in [0.15, 0.2) is 10.8 Å². The van der Waals surface area contributed by atoms with Crippen LogP contribution in [0.5, 0.6) is 0 Å². The fraction of sp³-hybridized carbons (Fsp3) is 0.318. The molecular formula is C22H22FN5OS2. The van der Waals surface area contributed by atoms with Gasteiger partial charge in [0.05, 0.1) is 22.5 Å². The number of benzene rings is 1. The predicted molar refractivity (Wildman–Crippen MR) is 123 cm³/mol. The van der Waals surface area contributed by atoms with E-state index in [1.54, 1.807) is 39.5 Å². The van der Waals surface area contributed by atoms with E-state index in [0.717, 1.165) is 57.7 Å². The largest absolute Gasteiger partial charge is 0.353 e. The van der Waals surface area contributed by atoms with Gasteiger partial charge in [-0.05, 0) is 55.5 Å². The molecule has 1 aliphatic rings. The molecule has 0 radical (unpaired) electrons. The molecule has 4 aromatic rings. The number of fused-ring (bicyclic) bond motifs is 1. The first-order valence-corrected chi connectivity index (χ1v) is 12.0. The molecule has 0 aliphatic carbocycles. The van der Waals surface area contributed by atoms with E-state index in [2.05, 4.69) is 15.3 Å². The van der Waals surface area contributed by atoms with Gasteiger partial charge in [-0.1, -0.05) is 17.4 Å². The second-order valence-corrected chi connectivity index (χ2v) is 9.72. The van der Waals surface area contributed by atoms with Crippen LogP contribution in [0.3, 0.4) is 0 Å². The average molecular weight is 456 g/mol. The number of aromatic nitrogens is 3. The Hall–Kier alpha value is -2.78. The van der Waals surface area contributed by atoms with Gasteiger partial charge in [0.25, 0.3) is 0 Å². The number of halogens is 1. The molecule has 1 aromatic carbocycles. The lowest BCUT2D eigenvalue weighted by molar-refractivity contribution is -0.121. The molecule has 160 valence electrons. The van der Waals surface area contributed by atoms with Crippen molar-refractivity contribution in [3.8, 4) is 5.69 Å². The Kier molecular flexibility index (Phi) is 5.45. The summed E-state index contributed by atoms with van der Waals surface area (Å²) in [7, 11) is 0. The summed E-state index contributed by atoms with van der Waals surface area (Å²) in [6.45, 7) is 3.67. The number of carbonyl (C=O) groups excluding carboxylic acids is 1. The van der Waals surface area contributed by atoms with Gasteiger partial charge in [-0.2, -0.15) is 10.1 Å². The van der Waals surface area contributed by atoms with Gasteiger partial charge in [-0.15, -0.1) is 11.3 Å². The second-order valence-electron chi connectivity index (χ2n) is 7.71. The topological polar surface area (TPSA) is 63.1 Å². The van der Waals surface area contributed by atoms with Crippen LogP contribution in [0.25, 0.3) is 16.0 Å². The molecule has 31 heavy (non-hydrogen) atoms. The monoisotopic (exact) mass is 455 g/mol. The Labute approximate surface area is 187 Å². The van der Waals surface area contributed by atoms with E-state index in [4.69, 9.17) is 4.98 Å². The minimum absolute atomic E-state index is 0.0934. The molecule has 1 fully saturated rings. The molecule has 4 heterocycles. The van der Waals surface area contributed by atoms with Gasteiger partial charge in [0, 0.05) is 24.0 Å². The molecule has 9 heteroatoms. The first kappa shape index (κ1) is 20.1. The van der Waals surface area contributed by atoms with E-state index in [1.807, 2.05) is 24.4 Å². The van der Waals surface area contributed by atoms with Crippen LogP contribution in [0.2, 0.25) is 0 Å². The fourth-order valence-electron chi connectivity index (χ4n) is 3.89. The number of hydrogen-bond donors (Lipinski definition) is 1. The molecule has 0 bridgehead atoms. The number of amides is 1. The number of thiophene rings is 1. The first-order valence-electron chi connectivity index (χ1n) is 10.3. The standard InChI is InChI=1S/C22H22FN5OS2/c1-14-20-21(28(26-14)17-6-4-15(23)5-7-17)25-22(31-20)27-10-8-16(9-11-27)24-19(29)13-18-3-2-12-30-18/h2-7,12,16H,8-11,13H2,1H3,(H,24,29). The van der Waals surface area contributed by atoms with E-state index in [9.17, 15) is 9.18 Å². The van der Waals surface area contributed by atoms with Gasteiger partial charge >= 0.3 is 0 Å². The third-order valence-corrected chi connectivity index (χ3v) is 7.58. The first-order chi connectivity index (χ1) is 15.1. The number of thiazole rings is 1. The van der Waals surface area contributed by atoms with Crippen molar-refractivity contribution in [2.75, 3.05) is 18.0 Å². The van der Waals surface area contributed by atoms with Crippen molar-refractivity contribution in [3.63, 3.8) is 0 Å². The molecule has 0 saturated carbocycles. The quantitative estimate of drug-likeness (QED) is 0.487. The van der Waals surface area contributed by atoms with Crippen LogP contribution in [-0.4, -0.2) is 39.8 Å². The number of carbonyl (C=O) groups is 1. The summed E-state index contributed by atoms with van der Waals surface area (Å²) < 4.78 is 16.1. The van der Waals surface area contributed by atoms with Crippen molar-refractivity contribution in [2.24, 2.45) is 0 Å². The van der Waals surface area contributed by atoms with Crippen molar-refractivity contribution in [2.45, 2.75) is 32.2 Å². The minimum Gasteiger partial charge on any atom is -0.353 e. The number of rotatable bonds is 5. The average Bonchev–Trinajstić information content (AvgIpc) is 3.48. The van der Waals surface area contributed by atoms with Crippen molar-refractivity contribution in [1.82, 2.24) is 20.1 Å². The number of nitrogens with zero attached hydrogens (tertiary/aromatic N) is 4. The van der Waals surface area contributed by atoms with Crippen molar-refractivity contribution in [1.29, 1.82) is 0 Å². The van der Waals surface area contributed by atoms with E-state index in [0.29, 0.717) is 6.42 Å². The summed E-state index contributed by atoms with van der Waals surface area (Å²) in [5.41, 5.74) is 2.51. The summed E-state index contributed by atoms with van der Waals surface area (Å²) >= 11 is 3.25. The van der Waals surface area contributed by atoms with Crippen LogP contribution in [0, 0.1) is 12.7 Å². The Morgan fingerprint density at radius 1 is 1.23 bits per heavy atom. The maximum absolute atomic E-state index is 13.3. The Balaban J connectivity index is 1.26. The zero-order valence-corrected chi connectivity index (χ0v) is 18.7. The summed E-state index contributed by atoms with van der Waals surface area (Å²) in [6.07, 6.45) is 2.25. The predicted octanol–water partition coefficient (Wildman–Crippen LogP) is 4.32. The van der Waals surface area contributed by atoms with Crippen LogP contribution in [0.15, 0.2) is 41.8 Å². The second kappa shape index (κ2) is 8.39. The van der Waals surface area contributed by atoms with Gasteiger partial charge < -0.3 is 10.2 Å². The van der Waals surface area contributed by atoms with Crippen molar-refractivity contribution < 1.29 is 9.18 Å². The molecule has 3 aromatic heterocycles. The van der Waals surface area contributed by atoms with E-state index < -0.39 is 0 Å². The minimum atomic E-state index is -0.270. The SMILES string of the molecule is Cc1nn(-c2ccc(F)cc2)c2nc(N3CCC(NC(=O)Cc4cccs4)CC3)sc12. The van der Waals surface area contributed by atoms with Crippen LogP contribution >= 0.6 is 22.7 Å². The van der Waals surface area contributed by atoms with E-state index in [1.165, 1.54) is 12.1 Å². The molecule has 1 amide bonds. The van der Waals surface area contributed by atoms with Crippen LogP contribution in [-0.2, 0) is 11.2 Å². The molecule has 0 atom stereocenters. The number of anilines is 1. The molecule has 1 N–H and O–H groups in total. The highest BCUT2D eigenvalue weighted by Crippen LogP contribution is 2.33. The number of nitrogens with one attached hydrogen (secondary N) is 1. The normalized spacial score (nSPS) is 15.0. The lowest BCUT2D eigenvalue weighted by Gasteiger charge is -2.32. The van der Waals surface area contributed by atoms with E-state index in [-0.39, 0.29) is 17.8 Å². The molecule has 0 spiro atoms. The smallest absolute Gasteiger partial charge is 0.225 e. The van der Waals surface area contributed by atoms with Crippen molar-refractivity contribution >= 4 is 44.1 Å². The molecule has 5 rings (SSSR count). The zero-order valence-electron chi connectivity index (χ0n) is 17.0. The third-order valence-electron chi connectivity index (χ3n) is 5.49. The molecule has 1 aliphatic heterocycles. The Morgan fingerprint density at radius 2 is 2.00 bits per heavy atom. The van der Waals surface area contributed by atoms with Gasteiger partial charge in [0.2, 0.25) is 5.91 Å². The molecular weight excluding hydrogens is 433 g/mol. The molecule has 1 saturated heterocycles. The fourth-order valence-corrected chi connectivity index (χ4v) is 5.63. The zero-order chi connectivity index (χ0) is 21.4. The summed E-state index contributed by atoms with van der Waals surface area (Å²) in [4.78, 5) is 20.5. The van der Waals surface area contributed by atoms with Gasteiger partial charge in [-0.25, -0.2) is 9.07 Å². The van der Waals surface area contributed by atoms with Gasteiger partial charge in [0.1, 0.15) is 5.82 Å².